The van der Waals surface area contributed by atoms with Crippen molar-refractivity contribution in [3.05, 3.63) is 24.3 Å². The molecular formula is C44H82O4Sn. The first-order valence-corrected chi connectivity index (χ1v) is 25.6. The van der Waals surface area contributed by atoms with Crippen molar-refractivity contribution in [3.8, 4) is 0 Å². The van der Waals surface area contributed by atoms with E-state index in [1.165, 1.54) is 163 Å². The molecule has 0 aliphatic carbocycles. The van der Waals surface area contributed by atoms with Crippen molar-refractivity contribution in [2.75, 3.05) is 13.2 Å². The van der Waals surface area contributed by atoms with Gasteiger partial charge in [-0.3, -0.25) is 0 Å². The van der Waals surface area contributed by atoms with Crippen molar-refractivity contribution in [2.24, 2.45) is 0 Å². The molecule has 0 aliphatic heterocycles. The Hall–Kier alpha value is -0.781. The van der Waals surface area contributed by atoms with Gasteiger partial charge in [0.15, 0.2) is 0 Å². The predicted molar refractivity (Wildman–Crippen MR) is 215 cm³/mol. The van der Waals surface area contributed by atoms with Crippen LogP contribution in [0, 0.1) is 0 Å². The molecule has 2 radical (unpaired) electrons. The molecule has 0 spiro atoms. The Morgan fingerprint density at radius 1 is 0.388 bits per heavy atom. The van der Waals surface area contributed by atoms with Crippen LogP contribution in [-0.4, -0.2) is 46.3 Å². The van der Waals surface area contributed by atoms with Crippen molar-refractivity contribution in [3.63, 3.8) is 0 Å². The normalized spacial score (nSPS) is 11.6. The van der Waals surface area contributed by atoms with Crippen molar-refractivity contribution in [2.45, 2.75) is 228 Å². The Morgan fingerprint density at radius 2 is 0.694 bits per heavy atom. The summed E-state index contributed by atoms with van der Waals surface area (Å²) in [7, 11) is 0. The summed E-state index contributed by atoms with van der Waals surface area (Å²) in [5, 5.41) is 0. The number of hydrogen-bond acceptors (Lipinski definition) is 4. The second-order valence-electron chi connectivity index (χ2n) is 14.3. The van der Waals surface area contributed by atoms with Crippen LogP contribution in [0.4, 0.5) is 0 Å². The van der Waals surface area contributed by atoms with Crippen LogP contribution in [0.1, 0.15) is 219 Å². The Morgan fingerprint density at radius 3 is 1.04 bits per heavy atom. The van der Waals surface area contributed by atoms with Crippen molar-refractivity contribution in [1.29, 1.82) is 0 Å². The molecule has 5 heteroatoms. The smallest absolute Gasteiger partial charge is 0.0885 e. The molecule has 0 rings (SSSR count). The molecule has 0 saturated carbocycles. The van der Waals surface area contributed by atoms with E-state index in [0.29, 0.717) is 26.1 Å². The Kier molecular flexibility index (Phi) is 42.7. The van der Waals surface area contributed by atoms with Gasteiger partial charge in [0.05, 0.1) is 0 Å². The number of hydrogen-bond donors (Lipinski definition) is 0. The summed E-state index contributed by atoms with van der Waals surface area (Å²) in [6.45, 7) is 5.73. The third kappa shape index (κ3) is 43.3. The number of carbonyl (C=O) groups is 2. The van der Waals surface area contributed by atoms with Gasteiger partial charge in [-0.1, -0.05) is 102 Å². The summed E-state index contributed by atoms with van der Waals surface area (Å²) in [4.78, 5) is 24.0. The van der Waals surface area contributed by atoms with Crippen molar-refractivity contribution in [1.82, 2.24) is 0 Å². The first-order chi connectivity index (χ1) is 24.2. The van der Waals surface area contributed by atoms with E-state index < -0.39 is 0 Å². The summed E-state index contributed by atoms with van der Waals surface area (Å²) in [5.74, 6) is -0.0196. The second kappa shape index (κ2) is 43.4. The molecule has 286 valence electrons. The molecule has 0 N–H and O–H groups in total. The van der Waals surface area contributed by atoms with Crippen LogP contribution in [0.15, 0.2) is 24.3 Å². The Balaban J connectivity index is 3.28. The van der Waals surface area contributed by atoms with Gasteiger partial charge in [-0.25, -0.2) is 0 Å². The Bertz CT molecular complexity index is 674. The standard InChI is InChI=1S/2C22H41O2.Sn/c2*1-3-5-7-8-9-10-11-12-13-14-15-16-17-18-19-20-22(23)24-21-6-4-2;/h2*12-13H,2-11,14-21H2,1H3;/b2*13-12-;. The number of rotatable bonds is 40. The zero-order valence-electron chi connectivity index (χ0n) is 32.9. The minimum Gasteiger partial charge on any atom is -0.0885 e. The fourth-order valence-electron chi connectivity index (χ4n) is 6.03. The molecule has 0 bridgehead atoms. The van der Waals surface area contributed by atoms with E-state index in [-0.39, 0.29) is 33.1 Å². The minimum atomic E-state index is -0.323. The summed E-state index contributed by atoms with van der Waals surface area (Å²) in [5.41, 5.74) is 0. The third-order valence-corrected chi connectivity index (χ3v) is 13.3. The molecule has 0 amide bonds. The molecule has 0 aromatic carbocycles. The van der Waals surface area contributed by atoms with E-state index in [9.17, 15) is 9.59 Å². The van der Waals surface area contributed by atoms with E-state index in [1.807, 2.05) is 0 Å². The number of carbonyl (C=O) groups excluding carboxylic acids is 2. The third-order valence-electron chi connectivity index (χ3n) is 9.31. The van der Waals surface area contributed by atoms with Gasteiger partial charge in [0.25, 0.3) is 0 Å². The molecule has 0 fully saturated rings. The van der Waals surface area contributed by atoms with Gasteiger partial charge in [0, 0.05) is 0 Å². The van der Waals surface area contributed by atoms with Crippen LogP contribution in [0.25, 0.3) is 0 Å². The Labute approximate surface area is 316 Å². The van der Waals surface area contributed by atoms with Crippen LogP contribution in [0.3, 0.4) is 0 Å². The maximum atomic E-state index is 12.0. The monoisotopic (exact) mass is 795 g/mol. The van der Waals surface area contributed by atoms with E-state index in [1.54, 1.807) is 0 Å². The summed E-state index contributed by atoms with van der Waals surface area (Å²) in [6.07, 6.45) is 48.2. The molecule has 0 aliphatic rings. The summed E-state index contributed by atoms with van der Waals surface area (Å²) in [6, 6.07) is 0. The predicted octanol–water partition coefficient (Wildman–Crippen LogP) is 14.2. The van der Waals surface area contributed by atoms with E-state index in [0.717, 1.165) is 38.5 Å². The topological polar surface area (TPSA) is 52.6 Å². The number of esters is 2. The molecule has 0 aromatic rings. The molecule has 0 heterocycles. The molecule has 0 atom stereocenters. The van der Waals surface area contributed by atoms with Crippen LogP contribution in [0.5, 0.6) is 0 Å². The maximum absolute atomic E-state index is 12.0. The number of ether oxygens (including phenoxy) is 2. The average molecular weight is 794 g/mol. The van der Waals surface area contributed by atoms with Crippen LogP contribution < -0.4 is 0 Å². The molecule has 0 aromatic heterocycles. The number of unbranched alkanes of at least 4 members (excludes halogenated alkanes) is 24. The summed E-state index contributed by atoms with van der Waals surface area (Å²) >= 11 is -0.323. The fourth-order valence-corrected chi connectivity index (χ4v) is 9.59. The van der Waals surface area contributed by atoms with Crippen LogP contribution in [-0.2, 0) is 19.1 Å². The van der Waals surface area contributed by atoms with Gasteiger partial charge in [-0.05, 0) is 38.5 Å². The van der Waals surface area contributed by atoms with E-state index in [2.05, 4.69) is 38.2 Å². The van der Waals surface area contributed by atoms with Crippen LogP contribution >= 0.6 is 0 Å². The van der Waals surface area contributed by atoms with Gasteiger partial charge < -0.3 is 0 Å². The number of allylic oxidation sites excluding steroid dienone is 4. The van der Waals surface area contributed by atoms with Gasteiger partial charge >= 0.3 is 177 Å². The van der Waals surface area contributed by atoms with Gasteiger partial charge in [-0.2, -0.15) is 0 Å². The summed E-state index contributed by atoms with van der Waals surface area (Å²) < 4.78 is 13.6. The van der Waals surface area contributed by atoms with Crippen molar-refractivity contribution < 1.29 is 19.1 Å². The SMILES string of the molecule is CCCCCCCC/C=C\CCCCCCCC(=O)OCCC[CH2][Sn][CH2]CCCOC(=O)CCCCCCC/C=C\CCCCCCCC. The van der Waals surface area contributed by atoms with E-state index in [4.69, 9.17) is 9.47 Å². The molecule has 0 unspecified atom stereocenters. The van der Waals surface area contributed by atoms with Gasteiger partial charge in [0.1, 0.15) is 0 Å². The molecule has 0 saturated heterocycles. The minimum absolute atomic E-state index is 0.00981. The molecule has 49 heavy (non-hydrogen) atoms. The quantitative estimate of drug-likeness (QED) is 0.0268. The van der Waals surface area contributed by atoms with Crippen molar-refractivity contribution >= 4 is 33.1 Å². The van der Waals surface area contributed by atoms with Gasteiger partial charge in [-0.15, -0.1) is 0 Å². The first kappa shape index (κ1) is 48.2. The zero-order valence-corrected chi connectivity index (χ0v) is 35.8. The molecule has 4 nitrogen and oxygen atoms in total. The van der Waals surface area contributed by atoms with Crippen LogP contribution in [0.2, 0.25) is 8.87 Å². The second-order valence-corrected chi connectivity index (χ2v) is 18.6. The average Bonchev–Trinajstić information content (AvgIpc) is 3.10. The van der Waals surface area contributed by atoms with Gasteiger partial charge in [0.2, 0.25) is 0 Å². The van der Waals surface area contributed by atoms with E-state index >= 15 is 0 Å². The zero-order chi connectivity index (χ0) is 35.6. The fraction of sp³-hybridized carbons (Fsp3) is 0.864. The first-order valence-electron chi connectivity index (χ1n) is 21.5. The molecular weight excluding hydrogens is 711 g/mol.